The Morgan fingerprint density at radius 1 is 0.969 bits per heavy atom. The van der Waals surface area contributed by atoms with Crippen LogP contribution < -0.4 is 20.7 Å². The van der Waals surface area contributed by atoms with E-state index in [0.29, 0.717) is 41.1 Å². The third-order valence-electron chi connectivity index (χ3n) is 4.27. The zero-order chi connectivity index (χ0) is 23.1. The van der Waals surface area contributed by atoms with E-state index in [9.17, 15) is 13.2 Å². The minimum atomic E-state index is -3.70. The third kappa shape index (κ3) is 6.46. The lowest BCUT2D eigenvalue weighted by Crippen LogP contribution is -2.29. The lowest BCUT2D eigenvalue weighted by Gasteiger charge is -2.12. The molecular formula is C21H25N7O3S. The first kappa shape index (κ1) is 23.1. The quantitative estimate of drug-likeness (QED) is 0.361. The molecule has 0 bridgehead atoms. The molecule has 0 radical (unpaired) electrons. The van der Waals surface area contributed by atoms with Crippen LogP contribution in [0.25, 0.3) is 0 Å². The summed E-state index contributed by atoms with van der Waals surface area (Å²) >= 11 is 0. The van der Waals surface area contributed by atoms with E-state index in [1.165, 1.54) is 13.0 Å². The van der Waals surface area contributed by atoms with Gasteiger partial charge in [-0.05, 0) is 49.7 Å². The second kappa shape index (κ2) is 10.2. The van der Waals surface area contributed by atoms with Crippen LogP contribution in [0.5, 0.6) is 0 Å². The molecule has 1 amide bonds. The molecule has 2 aromatic heterocycles. The number of aryl methyl sites for hydroxylation is 2. The summed E-state index contributed by atoms with van der Waals surface area (Å²) in [6.07, 6.45) is 1.68. The van der Waals surface area contributed by atoms with Gasteiger partial charge in [-0.15, -0.1) is 0 Å². The van der Waals surface area contributed by atoms with Crippen molar-refractivity contribution in [2.75, 3.05) is 29.0 Å². The van der Waals surface area contributed by atoms with Gasteiger partial charge in [0.1, 0.15) is 23.3 Å². The zero-order valence-corrected chi connectivity index (χ0v) is 18.8. The molecule has 32 heavy (non-hydrogen) atoms. The molecule has 0 aliphatic rings. The molecule has 0 unspecified atom stereocenters. The minimum absolute atomic E-state index is 0.154. The highest BCUT2D eigenvalue weighted by Crippen LogP contribution is 2.20. The van der Waals surface area contributed by atoms with E-state index in [1.54, 1.807) is 38.2 Å². The van der Waals surface area contributed by atoms with Gasteiger partial charge in [0.05, 0.1) is 4.90 Å². The van der Waals surface area contributed by atoms with Gasteiger partial charge in [-0.2, -0.15) is 0 Å². The van der Waals surface area contributed by atoms with Gasteiger partial charge in [0.15, 0.2) is 0 Å². The Hall–Kier alpha value is -3.57. The fourth-order valence-corrected chi connectivity index (χ4v) is 4.23. The first-order valence-electron chi connectivity index (χ1n) is 9.88. The number of nitrogens with one attached hydrogen (secondary N) is 4. The van der Waals surface area contributed by atoms with Crippen LogP contribution in [0, 0.1) is 13.8 Å². The maximum Gasteiger partial charge on any atom is 0.240 e. The number of hydrogen-bond acceptors (Lipinski definition) is 8. The predicted octanol–water partition coefficient (Wildman–Crippen LogP) is 2.58. The van der Waals surface area contributed by atoms with Gasteiger partial charge in [0.2, 0.25) is 15.9 Å². The number of aromatic nitrogens is 3. The molecule has 2 heterocycles. The highest BCUT2D eigenvalue weighted by Gasteiger charge is 2.16. The smallest absolute Gasteiger partial charge is 0.240 e. The van der Waals surface area contributed by atoms with Crippen LogP contribution in [0.4, 0.5) is 23.1 Å². The van der Waals surface area contributed by atoms with Crippen molar-refractivity contribution in [1.82, 2.24) is 19.7 Å². The Labute approximate surface area is 187 Å². The van der Waals surface area contributed by atoms with Crippen LogP contribution in [-0.2, 0) is 14.8 Å². The predicted molar refractivity (Wildman–Crippen MR) is 123 cm³/mol. The van der Waals surface area contributed by atoms with E-state index in [4.69, 9.17) is 0 Å². The summed E-state index contributed by atoms with van der Waals surface area (Å²) in [5, 5.41) is 8.83. The molecule has 4 N–H and O–H groups in total. The Bertz CT molecular complexity index is 1200. The first-order valence-corrected chi connectivity index (χ1v) is 11.4. The van der Waals surface area contributed by atoms with Crippen molar-refractivity contribution in [2.45, 2.75) is 25.7 Å². The summed E-state index contributed by atoms with van der Waals surface area (Å²) in [7, 11) is -3.70. The molecule has 0 aliphatic carbocycles. The number of nitrogens with zero attached hydrogens (tertiary/aromatic N) is 3. The lowest BCUT2D eigenvalue weighted by atomic mass is 10.2. The number of rotatable bonds is 9. The largest absolute Gasteiger partial charge is 0.369 e. The molecule has 0 atom stereocenters. The minimum Gasteiger partial charge on any atom is -0.369 e. The van der Waals surface area contributed by atoms with Gasteiger partial charge in [-0.3, -0.25) is 4.79 Å². The molecule has 0 spiro atoms. The molecule has 1 aromatic carbocycles. The van der Waals surface area contributed by atoms with E-state index >= 15 is 0 Å². The lowest BCUT2D eigenvalue weighted by molar-refractivity contribution is -0.114. The van der Waals surface area contributed by atoms with Crippen molar-refractivity contribution in [3.8, 4) is 0 Å². The summed E-state index contributed by atoms with van der Waals surface area (Å²) in [5.74, 6) is 2.13. The molecule has 3 aromatic rings. The number of carbonyl (C=O) groups excluding carboxylic acids is 1. The van der Waals surface area contributed by atoms with E-state index in [1.807, 2.05) is 18.2 Å². The molecule has 0 saturated heterocycles. The average Bonchev–Trinajstić information content (AvgIpc) is 2.71. The van der Waals surface area contributed by atoms with Crippen molar-refractivity contribution < 1.29 is 13.2 Å². The second-order valence-corrected chi connectivity index (χ2v) is 8.75. The molecule has 0 aliphatic heterocycles. The van der Waals surface area contributed by atoms with E-state index < -0.39 is 10.0 Å². The van der Waals surface area contributed by atoms with E-state index in [0.717, 1.165) is 0 Å². The third-order valence-corrected chi connectivity index (χ3v) is 5.89. The van der Waals surface area contributed by atoms with Crippen molar-refractivity contribution in [1.29, 1.82) is 0 Å². The standard InChI is InChI=1S/C21H25N7O3S/c1-14-12-17(27-16(3)29)7-8-18(14)32(30,31)24-11-10-23-20-13-21(26-15(2)25-20)28-19-6-4-5-9-22-19/h4-9,12-13,24H,10-11H2,1-3H3,(H,27,29)(H2,22,23,25,26,28). The topological polar surface area (TPSA) is 138 Å². The Morgan fingerprint density at radius 2 is 1.75 bits per heavy atom. The fraction of sp³-hybridized carbons (Fsp3) is 0.238. The van der Waals surface area contributed by atoms with Crippen LogP contribution in [-0.4, -0.2) is 42.4 Å². The zero-order valence-electron chi connectivity index (χ0n) is 18.0. The summed E-state index contributed by atoms with van der Waals surface area (Å²) < 4.78 is 27.8. The van der Waals surface area contributed by atoms with Crippen LogP contribution >= 0.6 is 0 Å². The SMILES string of the molecule is CC(=O)Nc1ccc(S(=O)(=O)NCCNc2cc(Nc3ccccn3)nc(C)n2)c(C)c1. The van der Waals surface area contributed by atoms with Crippen molar-refractivity contribution in [3.63, 3.8) is 0 Å². The maximum absolute atomic E-state index is 12.6. The van der Waals surface area contributed by atoms with Gasteiger partial charge in [0, 0.05) is 38.0 Å². The molecule has 11 heteroatoms. The van der Waals surface area contributed by atoms with Crippen LogP contribution in [0.3, 0.4) is 0 Å². The molecular weight excluding hydrogens is 430 g/mol. The molecule has 0 saturated carbocycles. The summed E-state index contributed by atoms with van der Waals surface area (Å²) in [6, 6.07) is 11.9. The van der Waals surface area contributed by atoms with Crippen molar-refractivity contribution in [3.05, 3.63) is 60.0 Å². The molecule has 168 valence electrons. The summed E-state index contributed by atoms with van der Waals surface area (Å²) in [5.41, 5.74) is 1.08. The number of amides is 1. The summed E-state index contributed by atoms with van der Waals surface area (Å²) in [4.78, 5) is 24.2. The highest BCUT2D eigenvalue weighted by molar-refractivity contribution is 7.89. The van der Waals surface area contributed by atoms with Crippen molar-refractivity contribution in [2.24, 2.45) is 0 Å². The van der Waals surface area contributed by atoms with E-state index in [-0.39, 0.29) is 17.3 Å². The van der Waals surface area contributed by atoms with Crippen molar-refractivity contribution >= 4 is 39.1 Å². The Morgan fingerprint density at radius 3 is 2.44 bits per heavy atom. The fourth-order valence-electron chi connectivity index (χ4n) is 2.98. The monoisotopic (exact) mass is 455 g/mol. The summed E-state index contributed by atoms with van der Waals surface area (Å²) in [6.45, 7) is 5.32. The number of carbonyl (C=O) groups is 1. The van der Waals surface area contributed by atoms with Gasteiger partial charge in [-0.25, -0.2) is 28.1 Å². The van der Waals surface area contributed by atoms with Gasteiger partial charge in [-0.1, -0.05) is 6.07 Å². The Kier molecular flexibility index (Phi) is 7.33. The van der Waals surface area contributed by atoms with Crippen LogP contribution in [0.1, 0.15) is 18.3 Å². The van der Waals surface area contributed by atoms with Crippen LogP contribution in [0.15, 0.2) is 53.6 Å². The van der Waals surface area contributed by atoms with Gasteiger partial charge >= 0.3 is 0 Å². The molecule has 10 nitrogen and oxygen atoms in total. The maximum atomic E-state index is 12.6. The van der Waals surface area contributed by atoms with Gasteiger partial charge in [0.25, 0.3) is 0 Å². The molecule has 0 fully saturated rings. The highest BCUT2D eigenvalue weighted by atomic mass is 32.2. The number of sulfonamides is 1. The first-order chi connectivity index (χ1) is 15.2. The normalized spacial score (nSPS) is 11.1. The van der Waals surface area contributed by atoms with E-state index in [2.05, 4.69) is 35.6 Å². The average molecular weight is 456 g/mol. The number of benzene rings is 1. The Balaban J connectivity index is 1.58. The number of pyridine rings is 1. The second-order valence-electron chi connectivity index (χ2n) is 7.01. The van der Waals surface area contributed by atoms with Crippen LogP contribution in [0.2, 0.25) is 0 Å². The molecule has 3 rings (SSSR count). The number of anilines is 4. The number of hydrogen-bond donors (Lipinski definition) is 4. The van der Waals surface area contributed by atoms with Gasteiger partial charge < -0.3 is 16.0 Å².